The molecule has 0 aromatic carbocycles. The van der Waals surface area contributed by atoms with E-state index >= 15 is 0 Å². The molecule has 16 heteroatoms. The molecule has 13 nitrogen and oxygen atoms in total. The molecule has 1 aliphatic heterocycles. The minimum atomic E-state index is -4.23. The normalized spacial score (nSPS) is 25.8. The zero-order valence-corrected chi connectivity index (χ0v) is 25.4. The number of nitrogens with zero attached hydrogens (tertiary/aromatic N) is 1. The highest BCUT2D eigenvalue weighted by Gasteiger charge is 2.54. The van der Waals surface area contributed by atoms with E-state index in [2.05, 4.69) is 10.1 Å². The van der Waals surface area contributed by atoms with Gasteiger partial charge in [-0.25, -0.2) is 14.4 Å². The van der Waals surface area contributed by atoms with Gasteiger partial charge in [0, 0.05) is 23.4 Å². The van der Waals surface area contributed by atoms with Crippen molar-refractivity contribution in [1.29, 1.82) is 0 Å². The molecule has 39 heavy (non-hydrogen) atoms. The number of rotatable bonds is 12. The number of nitrogens with one attached hydrogen (secondary N) is 2. The molecule has 0 saturated carbocycles. The Morgan fingerprint density at radius 2 is 1.95 bits per heavy atom. The van der Waals surface area contributed by atoms with Gasteiger partial charge in [0.1, 0.15) is 23.1 Å². The Kier molecular flexibility index (Phi) is 11.6. The van der Waals surface area contributed by atoms with Gasteiger partial charge in [0.2, 0.25) is 0 Å². The van der Waals surface area contributed by atoms with Crippen LogP contribution in [-0.2, 0) is 32.7 Å². The Balaban J connectivity index is 2.16. The monoisotopic (exact) mass is 613 g/mol. The van der Waals surface area contributed by atoms with Gasteiger partial charge in [-0.2, -0.15) is 0 Å². The summed E-state index contributed by atoms with van der Waals surface area (Å²) in [7, 11) is -4.23. The van der Waals surface area contributed by atoms with E-state index in [1.807, 2.05) is 0 Å². The molecular weight excluding hydrogens is 577 g/mol. The van der Waals surface area contributed by atoms with Gasteiger partial charge < -0.3 is 14.6 Å². The molecule has 1 aliphatic rings. The number of hydrogen-bond acceptors (Lipinski definition) is 11. The second-order valence-corrected chi connectivity index (χ2v) is 14.1. The number of aliphatic hydroxyl groups excluding tert-OH is 1. The first-order valence-electron chi connectivity index (χ1n) is 12.3. The van der Waals surface area contributed by atoms with Crippen molar-refractivity contribution in [3.05, 3.63) is 33.1 Å². The van der Waals surface area contributed by atoms with Crippen molar-refractivity contribution in [3.63, 3.8) is 0 Å². The van der Waals surface area contributed by atoms with Gasteiger partial charge in [-0.15, -0.1) is 11.6 Å². The average molecular weight is 614 g/mol. The zero-order valence-electron chi connectivity index (χ0n) is 23.0. The van der Waals surface area contributed by atoms with Crippen LogP contribution in [0.4, 0.5) is 0 Å². The highest BCUT2D eigenvalue weighted by Crippen LogP contribution is 2.48. The highest BCUT2D eigenvalue weighted by atomic mass is 35.5. The first-order chi connectivity index (χ1) is 17.9. The standard InChI is InChI=1S/C23H37ClN3O10PS/c1-13(2)36-18(30)14(3)26-38(33,34-10-11-39-20(31)22(4,5)6)35-12-15-17(29)23(7,24)19(37-15)27-9-8-16(28)25-21(27)32/h8-9,13-15,17,19,29H,10-12H2,1-7H3,(H,26,33)(H,25,28,32)/t14-,15-,17-,19-,23-,38?/m1/s1. The summed E-state index contributed by atoms with van der Waals surface area (Å²) in [5, 5.41) is 13.2. The molecule has 222 valence electrons. The maximum Gasteiger partial charge on any atom is 0.406 e. The van der Waals surface area contributed by atoms with Gasteiger partial charge in [0.05, 0.1) is 19.3 Å². The summed E-state index contributed by atoms with van der Waals surface area (Å²) in [6.45, 7) is 10.8. The number of halogens is 1. The minimum absolute atomic E-state index is 0.0869. The zero-order chi connectivity index (χ0) is 29.8. The molecule has 0 bridgehead atoms. The van der Waals surface area contributed by atoms with E-state index in [9.17, 15) is 28.8 Å². The van der Waals surface area contributed by atoms with Crippen LogP contribution in [0.25, 0.3) is 0 Å². The highest BCUT2D eigenvalue weighted by molar-refractivity contribution is 8.13. The molecule has 1 fully saturated rings. The first-order valence-corrected chi connectivity index (χ1v) is 15.2. The minimum Gasteiger partial charge on any atom is -0.462 e. The van der Waals surface area contributed by atoms with E-state index in [0.29, 0.717) is 0 Å². The number of esters is 1. The van der Waals surface area contributed by atoms with Crippen molar-refractivity contribution >= 4 is 42.2 Å². The van der Waals surface area contributed by atoms with Gasteiger partial charge in [-0.3, -0.25) is 33.0 Å². The fraction of sp³-hybridized carbons (Fsp3) is 0.739. The summed E-state index contributed by atoms with van der Waals surface area (Å²) in [6.07, 6.45) is -3.03. The number of thioether (sulfide) groups is 1. The molecule has 3 N–H and O–H groups in total. The van der Waals surface area contributed by atoms with Crippen molar-refractivity contribution in [2.45, 2.75) is 83.9 Å². The molecule has 6 atom stereocenters. The fourth-order valence-corrected chi connectivity index (χ4v) is 6.06. The number of aromatic nitrogens is 2. The summed E-state index contributed by atoms with van der Waals surface area (Å²) in [5.74, 6) is -0.534. The summed E-state index contributed by atoms with van der Waals surface area (Å²) >= 11 is 7.53. The molecule has 0 spiro atoms. The van der Waals surface area contributed by atoms with Crippen molar-refractivity contribution in [3.8, 4) is 0 Å². The molecule has 1 aromatic heterocycles. The van der Waals surface area contributed by atoms with Crippen LogP contribution < -0.4 is 16.3 Å². The molecule has 2 heterocycles. The third kappa shape index (κ3) is 9.25. The molecule has 2 rings (SSSR count). The van der Waals surface area contributed by atoms with Crippen LogP contribution in [0.15, 0.2) is 21.9 Å². The second kappa shape index (κ2) is 13.4. The lowest BCUT2D eigenvalue weighted by atomic mass is 10.00. The summed E-state index contributed by atoms with van der Waals surface area (Å²) in [4.78, 5) is 48.7. The molecule has 0 aliphatic carbocycles. The van der Waals surface area contributed by atoms with Crippen LogP contribution in [0.1, 0.15) is 54.7 Å². The second-order valence-electron chi connectivity index (χ2n) is 10.5. The number of hydrogen-bond donors (Lipinski definition) is 3. The molecular formula is C23H37ClN3O10PS. The summed E-state index contributed by atoms with van der Waals surface area (Å²) in [5.41, 5.74) is -2.00. The van der Waals surface area contributed by atoms with Gasteiger partial charge in [-0.05, 0) is 27.7 Å². The number of carbonyl (C=O) groups excluding carboxylic acids is 2. The number of aromatic amines is 1. The molecule has 0 amide bonds. The summed E-state index contributed by atoms with van der Waals surface area (Å²) < 4.78 is 36.6. The number of ether oxygens (including phenoxy) is 2. The summed E-state index contributed by atoms with van der Waals surface area (Å²) in [6, 6.07) is 0.00205. The Labute approximate surface area is 235 Å². The Hall–Kier alpha value is -1.51. The first kappa shape index (κ1) is 33.7. The predicted octanol–water partition coefficient (Wildman–Crippen LogP) is 2.17. The smallest absolute Gasteiger partial charge is 0.406 e. The van der Waals surface area contributed by atoms with E-state index in [-0.39, 0.29) is 17.5 Å². The van der Waals surface area contributed by atoms with Crippen molar-refractivity contribution in [2.24, 2.45) is 5.41 Å². The van der Waals surface area contributed by atoms with Crippen molar-refractivity contribution in [2.75, 3.05) is 19.0 Å². The lowest BCUT2D eigenvalue weighted by molar-refractivity contribution is -0.149. The number of carbonyl (C=O) groups is 2. The third-order valence-corrected chi connectivity index (χ3v) is 8.85. The molecule has 0 radical (unpaired) electrons. The van der Waals surface area contributed by atoms with Crippen LogP contribution in [0, 0.1) is 5.41 Å². The quantitative estimate of drug-likeness (QED) is 0.136. The fourth-order valence-electron chi connectivity index (χ4n) is 3.38. The van der Waals surface area contributed by atoms with Gasteiger partial charge in [0.25, 0.3) is 5.56 Å². The SMILES string of the molecule is CC(C)OC(=O)[C@@H](C)NP(=O)(OCCSC(=O)C(C)(C)C)OC[C@H]1O[C@@H](n2ccc(=O)[nH]c2=O)[C@](C)(Cl)[C@@H]1O. The lowest BCUT2D eigenvalue weighted by Crippen LogP contribution is -2.43. The van der Waals surface area contributed by atoms with Crippen LogP contribution in [-0.4, -0.2) is 73.9 Å². The van der Waals surface area contributed by atoms with E-state index in [0.717, 1.165) is 22.4 Å². The topological polar surface area (TPSA) is 175 Å². The predicted molar refractivity (Wildman–Crippen MR) is 146 cm³/mol. The largest absolute Gasteiger partial charge is 0.462 e. The number of H-pyrrole nitrogens is 1. The Morgan fingerprint density at radius 3 is 2.51 bits per heavy atom. The van der Waals surface area contributed by atoms with E-state index in [4.69, 9.17) is 30.1 Å². The van der Waals surface area contributed by atoms with E-state index in [1.54, 1.807) is 34.6 Å². The van der Waals surface area contributed by atoms with Gasteiger partial charge in [-0.1, -0.05) is 32.5 Å². The van der Waals surface area contributed by atoms with Crippen molar-refractivity contribution in [1.82, 2.24) is 14.6 Å². The molecule has 1 aromatic rings. The Morgan fingerprint density at radius 1 is 1.31 bits per heavy atom. The van der Waals surface area contributed by atoms with E-state index < -0.39 is 72.4 Å². The molecule has 1 unspecified atom stereocenters. The van der Waals surface area contributed by atoms with E-state index in [1.165, 1.54) is 20.0 Å². The third-order valence-electron chi connectivity index (χ3n) is 5.48. The average Bonchev–Trinajstić information content (AvgIpc) is 3.03. The van der Waals surface area contributed by atoms with Crippen LogP contribution in [0.5, 0.6) is 0 Å². The van der Waals surface area contributed by atoms with Gasteiger partial charge in [0.15, 0.2) is 11.3 Å². The van der Waals surface area contributed by atoms with Crippen LogP contribution in [0.2, 0.25) is 0 Å². The maximum absolute atomic E-state index is 13.6. The molecule has 1 saturated heterocycles. The van der Waals surface area contributed by atoms with Gasteiger partial charge >= 0.3 is 19.4 Å². The maximum atomic E-state index is 13.6. The number of aliphatic hydroxyl groups is 1. The van der Waals surface area contributed by atoms with Crippen molar-refractivity contribution < 1.29 is 37.8 Å². The lowest BCUT2D eigenvalue weighted by Gasteiger charge is -2.26. The van der Waals surface area contributed by atoms with Crippen LogP contribution >= 0.6 is 31.1 Å². The van der Waals surface area contributed by atoms with Crippen LogP contribution in [0.3, 0.4) is 0 Å². The Bertz CT molecular complexity index is 1180. The number of alkyl halides is 1.